The number of para-hydroxylation sites is 1. The summed E-state index contributed by atoms with van der Waals surface area (Å²) < 4.78 is 11.9. The molecule has 0 radical (unpaired) electrons. The Hall–Kier alpha value is -2.34. The number of benzene rings is 1. The van der Waals surface area contributed by atoms with E-state index < -0.39 is 5.60 Å². The van der Waals surface area contributed by atoms with Crippen molar-refractivity contribution in [2.45, 2.75) is 83.0 Å². The van der Waals surface area contributed by atoms with Crippen LogP contribution >= 0.6 is 0 Å². The number of ether oxygens (including phenoxy) is 2. The lowest BCUT2D eigenvalue weighted by Gasteiger charge is -2.53. The summed E-state index contributed by atoms with van der Waals surface area (Å²) in [6, 6.07) is 8.08. The van der Waals surface area contributed by atoms with Gasteiger partial charge in [0.25, 0.3) is 0 Å². The van der Waals surface area contributed by atoms with Crippen LogP contribution in [0, 0.1) is 0 Å². The Balaban J connectivity index is 1.83. The molecule has 0 spiro atoms. The molecule has 2 aromatic rings. The summed E-state index contributed by atoms with van der Waals surface area (Å²) in [4.78, 5) is 30.7. The minimum absolute atomic E-state index is 0.167. The fourth-order valence-corrected chi connectivity index (χ4v) is 5.69. The highest BCUT2D eigenvalue weighted by Gasteiger charge is 2.53. The van der Waals surface area contributed by atoms with Gasteiger partial charge in [-0.3, -0.25) is 9.59 Å². The fourth-order valence-electron chi connectivity index (χ4n) is 5.69. The van der Waals surface area contributed by atoms with E-state index in [1.54, 1.807) is 0 Å². The molecular weight excluding hydrogens is 392 g/mol. The number of rotatable bonds is 7. The number of H-pyrrole nitrogens is 1. The number of methoxy groups -OCH3 is 1. The highest BCUT2D eigenvalue weighted by atomic mass is 16.5. The molecule has 1 saturated heterocycles. The summed E-state index contributed by atoms with van der Waals surface area (Å²) in [5.41, 5.74) is 2.42. The van der Waals surface area contributed by atoms with Crippen LogP contribution in [-0.4, -0.2) is 46.6 Å². The van der Waals surface area contributed by atoms with Gasteiger partial charge in [-0.15, -0.1) is 0 Å². The molecule has 3 heterocycles. The smallest absolute Gasteiger partial charge is 0.305 e. The predicted octanol–water partition coefficient (Wildman–Crippen LogP) is 4.67. The molecule has 1 aromatic carbocycles. The molecule has 4 rings (SSSR count). The third kappa shape index (κ3) is 3.98. The maximum absolute atomic E-state index is 13.0. The van der Waals surface area contributed by atoms with Crippen molar-refractivity contribution < 1.29 is 19.1 Å². The summed E-state index contributed by atoms with van der Waals surface area (Å²) in [5, 5.41) is 1.21. The molecule has 6 heteroatoms. The standard InChI is InChI=1S/C25H34N2O4/c1-5-13-24(2,3)31-25(15-11-21(29)30-4)14-10-20(28)27-16-12-18-17-8-6-7-9-19(17)26-22(18)23(25)27/h6-9,23,26H,5,10-16H2,1-4H3/t23-,25-/m0/s1. The van der Waals surface area contributed by atoms with Gasteiger partial charge in [-0.25, -0.2) is 0 Å². The minimum atomic E-state index is -0.642. The van der Waals surface area contributed by atoms with Crippen molar-refractivity contribution in [3.05, 3.63) is 35.5 Å². The van der Waals surface area contributed by atoms with Crippen LogP contribution < -0.4 is 0 Å². The van der Waals surface area contributed by atoms with Gasteiger partial charge in [-0.1, -0.05) is 31.5 Å². The van der Waals surface area contributed by atoms with E-state index in [2.05, 4.69) is 44.0 Å². The fraction of sp³-hybridized carbons (Fsp3) is 0.600. The molecule has 1 fully saturated rings. The van der Waals surface area contributed by atoms with Crippen molar-refractivity contribution >= 4 is 22.8 Å². The molecule has 1 N–H and O–H groups in total. The Morgan fingerprint density at radius 1 is 1.29 bits per heavy atom. The maximum Gasteiger partial charge on any atom is 0.305 e. The number of carbonyl (C=O) groups excluding carboxylic acids is 2. The van der Waals surface area contributed by atoms with Gasteiger partial charge < -0.3 is 19.4 Å². The van der Waals surface area contributed by atoms with Crippen LogP contribution in [0.1, 0.15) is 76.6 Å². The van der Waals surface area contributed by atoms with Crippen molar-refractivity contribution in [3.8, 4) is 0 Å². The van der Waals surface area contributed by atoms with E-state index >= 15 is 0 Å². The van der Waals surface area contributed by atoms with Gasteiger partial charge in [0.1, 0.15) is 6.04 Å². The second kappa shape index (κ2) is 8.30. The molecule has 0 unspecified atom stereocenters. The van der Waals surface area contributed by atoms with Crippen molar-refractivity contribution in [3.63, 3.8) is 0 Å². The van der Waals surface area contributed by atoms with Crippen LogP contribution in [0.5, 0.6) is 0 Å². The summed E-state index contributed by atoms with van der Waals surface area (Å²) >= 11 is 0. The Bertz CT molecular complexity index is 979. The van der Waals surface area contributed by atoms with Crippen LogP contribution in [0.25, 0.3) is 10.9 Å². The zero-order valence-electron chi connectivity index (χ0n) is 19.1. The summed E-state index contributed by atoms with van der Waals surface area (Å²) in [5.74, 6) is -0.0766. The number of aromatic nitrogens is 1. The monoisotopic (exact) mass is 426 g/mol. The van der Waals surface area contributed by atoms with Crippen LogP contribution in [-0.2, 0) is 25.5 Å². The zero-order chi connectivity index (χ0) is 22.2. The molecule has 168 valence electrons. The average Bonchev–Trinajstić information content (AvgIpc) is 3.12. The number of nitrogens with zero attached hydrogens (tertiary/aromatic N) is 1. The normalized spacial score (nSPS) is 23.5. The number of hydrogen-bond donors (Lipinski definition) is 1. The number of nitrogens with one attached hydrogen (secondary N) is 1. The Labute approximate surface area is 184 Å². The maximum atomic E-state index is 13.0. The van der Waals surface area contributed by atoms with E-state index in [4.69, 9.17) is 9.47 Å². The van der Waals surface area contributed by atoms with Gasteiger partial charge in [-0.2, -0.15) is 0 Å². The topological polar surface area (TPSA) is 71.6 Å². The van der Waals surface area contributed by atoms with Crippen molar-refractivity contribution in [1.82, 2.24) is 9.88 Å². The van der Waals surface area contributed by atoms with Crippen LogP contribution in [0.4, 0.5) is 0 Å². The SMILES string of the molecule is CCCC(C)(C)O[C@]1(CCC(=O)OC)CCC(=O)N2CCc3c([nH]c4ccccc34)[C@H]21. The Morgan fingerprint density at radius 3 is 2.81 bits per heavy atom. The molecule has 2 aliphatic heterocycles. The first-order chi connectivity index (χ1) is 14.8. The third-order valence-electron chi connectivity index (χ3n) is 6.93. The molecule has 2 atom stereocenters. The van der Waals surface area contributed by atoms with Crippen molar-refractivity contribution in [2.75, 3.05) is 13.7 Å². The quantitative estimate of drug-likeness (QED) is 0.653. The second-order valence-corrected chi connectivity index (χ2v) is 9.56. The third-order valence-corrected chi connectivity index (χ3v) is 6.93. The molecule has 6 nitrogen and oxygen atoms in total. The average molecular weight is 427 g/mol. The van der Waals surface area contributed by atoms with E-state index in [-0.39, 0.29) is 29.9 Å². The second-order valence-electron chi connectivity index (χ2n) is 9.56. The molecule has 2 aliphatic rings. The lowest BCUT2D eigenvalue weighted by atomic mass is 9.75. The van der Waals surface area contributed by atoms with Crippen LogP contribution in [0.15, 0.2) is 24.3 Å². The summed E-state index contributed by atoms with van der Waals surface area (Å²) in [6.07, 6.45) is 4.58. The largest absolute Gasteiger partial charge is 0.469 e. The molecule has 0 saturated carbocycles. The number of carbonyl (C=O) groups is 2. The Kier molecular flexibility index (Phi) is 5.86. The highest BCUT2D eigenvalue weighted by Crippen LogP contribution is 2.51. The van der Waals surface area contributed by atoms with E-state index in [0.29, 0.717) is 25.8 Å². The lowest BCUT2D eigenvalue weighted by molar-refractivity contribution is -0.207. The number of piperidine rings is 1. The molecule has 0 bridgehead atoms. The molecular formula is C25H34N2O4. The Morgan fingerprint density at radius 2 is 2.06 bits per heavy atom. The van der Waals surface area contributed by atoms with Gasteiger partial charge in [0.2, 0.25) is 5.91 Å². The van der Waals surface area contributed by atoms with Gasteiger partial charge in [-0.05, 0) is 51.2 Å². The van der Waals surface area contributed by atoms with Crippen molar-refractivity contribution in [2.24, 2.45) is 0 Å². The van der Waals surface area contributed by atoms with Crippen molar-refractivity contribution in [1.29, 1.82) is 0 Å². The number of fused-ring (bicyclic) bond motifs is 5. The minimum Gasteiger partial charge on any atom is -0.469 e. The molecule has 1 amide bonds. The summed E-state index contributed by atoms with van der Waals surface area (Å²) in [6.45, 7) is 7.06. The van der Waals surface area contributed by atoms with E-state index in [0.717, 1.165) is 30.5 Å². The van der Waals surface area contributed by atoms with Gasteiger partial charge >= 0.3 is 5.97 Å². The number of amides is 1. The first-order valence-corrected chi connectivity index (χ1v) is 11.5. The molecule has 1 aromatic heterocycles. The molecule has 0 aliphatic carbocycles. The first kappa shape index (κ1) is 21.9. The predicted molar refractivity (Wildman–Crippen MR) is 120 cm³/mol. The van der Waals surface area contributed by atoms with Gasteiger partial charge in [0, 0.05) is 36.0 Å². The van der Waals surface area contributed by atoms with E-state index in [1.165, 1.54) is 18.1 Å². The summed E-state index contributed by atoms with van der Waals surface area (Å²) in [7, 11) is 1.42. The van der Waals surface area contributed by atoms with Gasteiger partial charge in [0.15, 0.2) is 0 Å². The zero-order valence-corrected chi connectivity index (χ0v) is 19.1. The van der Waals surface area contributed by atoms with E-state index in [1.807, 2.05) is 11.0 Å². The lowest BCUT2D eigenvalue weighted by Crippen LogP contribution is -2.59. The number of hydrogen-bond acceptors (Lipinski definition) is 4. The number of aromatic amines is 1. The van der Waals surface area contributed by atoms with E-state index in [9.17, 15) is 9.59 Å². The van der Waals surface area contributed by atoms with Gasteiger partial charge in [0.05, 0.1) is 18.3 Å². The molecule has 31 heavy (non-hydrogen) atoms. The van der Waals surface area contributed by atoms with Crippen LogP contribution in [0.2, 0.25) is 0 Å². The number of esters is 1. The first-order valence-electron chi connectivity index (χ1n) is 11.5. The highest BCUT2D eigenvalue weighted by molar-refractivity contribution is 5.86. The van der Waals surface area contributed by atoms with Crippen LogP contribution in [0.3, 0.4) is 0 Å².